The monoisotopic (exact) mass is 312 g/mol. The molecule has 7 heteroatoms. The minimum Gasteiger partial charge on any atom is -0.469 e. The van der Waals surface area contributed by atoms with Gasteiger partial charge in [-0.15, -0.1) is 0 Å². The van der Waals surface area contributed by atoms with E-state index in [9.17, 15) is 14.9 Å². The maximum Gasteiger partial charge on any atom is 0.309 e. The molecule has 0 amide bonds. The number of rotatable bonds is 4. The van der Waals surface area contributed by atoms with Gasteiger partial charge in [-0.3, -0.25) is 14.9 Å². The Kier molecular flexibility index (Phi) is 3.76. The molecule has 1 heterocycles. The summed E-state index contributed by atoms with van der Waals surface area (Å²) >= 11 is 0. The second-order valence-electron chi connectivity index (χ2n) is 4.88. The fourth-order valence-electron chi connectivity index (χ4n) is 2.20. The Hall–Kier alpha value is -3.22. The Morgan fingerprint density at radius 1 is 1.30 bits per heavy atom. The third kappa shape index (κ3) is 3.03. The molecule has 3 aromatic rings. The highest BCUT2D eigenvalue weighted by Gasteiger charge is 2.13. The third-order valence-corrected chi connectivity index (χ3v) is 3.33. The summed E-state index contributed by atoms with van der Waals surface area (Å²) < 4.78 is 10.3. The van der Waals surface area contributed by atoms with E-state index in [0.29, 0.717) is 22.6 Å². The van der Waals surface area contributed by atoms with Crippen molar-refractivity contribution in [1.29, 1.82) is 0 Å². The number of nitro benzene ring substituents is 1. The number of nitro groups is 1. The fourth-order valence-corrected chi connectivity index (χ4v) is 2.20. The average Bonchev–Trinajstić information content (AvgIpc) is 2.98. The lowest BCUT2D eigenvalue weighted by Gasteiger charge is -1.98. The van der Waals surface area contributed by atoms with Crippen molar-refractivity contribution in [1.82, 2.24) is 4.98 Å². The lowest BCUT2D eigenvalue weighted by Crippen LogP contribution is -2.04. The summed E-state index contributed by atoms with van der Waals surface area (Å²) in [5.74, 6) is -0.0503. The molecule has 0 saturated carbocycles. The molecular formula is C16H12N2O5. The molecule has 7 nitrogen and oxygen atoms in total. The van der Waals surface area contributed by atoms with Crippen LogP contribution in [0, 0.1) is 10.1 Å². The Bertz CT molecular complexity index is 900. The van der Waals surface area contributed by atoms with Crippen LogP contribution in [0.4, 0.5) is 5.69 Å². The van der Waals surface area contributed by atoms with Crippen molar-refractivity contribution in [2.24, 2.45) is 0 Å². The second-order valence-corrected chi connectivity index (χ2v) is 4.88. The van der Waals surface area contributed by atoms with Crippen LogP contribution in [-0.4, -0.2) is 23.0 Å². The predicted molar refractivity (Wildman–Crippen MR) is 81.8 cm³/mol. The summed E-state index contributed by atoms with van der Waals surface area (Å²) in [6, 6.07) is 11.3. The topological polar surface area (TPSA) is 95.5 Å². The third-order valence-electron chi connectivity index (χ3n) is 3.33. The first-order valence-corrected chi connectivity index (χ1v) is 6.78. The summed E-state index contributed by atoms with van der Waals surface area (Å²) in [6.07, 6.45) is 0.144. The van der Waals surface area contributed by atoms with Crippen LogP contribution in [0.1, 0.15) is 5.56 Å². The molecule has 0 radical (unpaired) electrons. The number of nitrogens with zero attached hydrogens (tertiary/aromatic N) is 2. The van der Waals surface area contributed by atoms with E-state index < -0.39 is 4.92 Å². The maximum absolute atomic E-state index is 11.3. The van der Waals surface area contributed by atoms with E-state index in [-0.39, 0.29) is 18.1 Å². The van der Waals surface area contributed by atoms with Crippen LogP contribution in [0.5, 0.6) is 0 Å². The van der Waals surface area contributed by atoms with Gasteiger partial charge in [0.05, 0.1) is 18.5 Å². The number of methoxy groups -OCH3 is 1. The van der Waals surface area contributed by atoms with Gasteiger partial charge in [-0.25, -0.2) is 4.98 Å². The number of fused-ring (bicyclic) bond motifs is 1. The molecule has 0 N–H and O–H groups in total. The van der Waals surface area contributed by atoms with Crippen LogP contribution in [0.15, 0.2) is 46.9 Å². The summed E-state index contributed by atoms with van der Waals surface area (Å²) in [4.78, 5) is 26.0. The molecule has 0 saturated heterocycles. The molecule has 23 heavy (non-hydrogen) atoms. The molecule has 0 aliphatic rings. The van der Waals surface area contributed by atoms with Gasteiger partial charge in [0.25, 0.3) is 5.69 Å². The normalized spacial score (nSPS) is 10.7. The molecule has 0 aliphatic carbocycles. The standard InChI is InChI=1S/C16H12N2O5/c1-22-15(19)8-10-5-6-14-13(7-10)17-16(23-14)11-3-2-4-12(9-11)18(20)21/h2-7,9H,8H2,1H3. The van der Waals surface area contributed by atoms with E-state index in [1.807, 2.05) is 0 Å². The van der Waals surface area contributed by atoms with Crippen molar-refractivity contribution in [2.75, 3.05) is 7.11 Å². The molecule has 1 aromatic heterocycles. The number of ether oxygens (including phenoxy) is 1. The van der Waals surface area contributed by atoms with Crippen molar-refractivity contribution < 1.29 is 18.9 Å². The van der Waals surface area contributed by atoms with Gasteiger partial charge in [0.15, 0.2) is 5.58 Å². The minimum absolute atomic E-state index is 0.0314. The first kappa shape index (κ1) is 14.7. The summed E-state index contributed by atoms with van der Waals surface area (Å²) in [6.45, 7) is 0. The van der Waals surface area contributed by atoms with Gasteiger partial charge in [-0.2, -0.15) is 0 Å². The van der Waals surface area contributed by atoms with Gasteiger partial charge in [0, 0.05) is 17.7 Å². The Labute approximate surface area is 130 Å². The average molecular weight is 312 g/mol. The van der Waals surface area contributed by atoms with Gasteiger partial charge in [-0.05, 0) is 23.8 Å². The fraction of sp³-hybridized carbons (Fsp3) is 0.125. The van der Waals surface area contributed by atoms with E-state index >= 15 is 0 Å². The van der Waals surface area contributed by atoms with Crippen molar-refractivity contribution in [2.45, 2.75) is 6.42 Å². The first-order chi connectivity index (χ1) is 11.1. The largest absolute Gasteiger partial charge is 0.469 e. The van der Waals surface area contributed by atoms with Crippen molar-refractivity contribution >= 4 is 22.8 Å². The number of hydrogen-bond acceptors (Lipinski definition) is 6. The van der Waals surface area contributed by atoms with Crippen LogP contribution in [0.2, 0.25) is 0 Å². The number of esters is 1. The molecule has 0 atom stereocenters. The molecule has 116 valence electrons. The second kappa shape index (κ2) is 5.88. The van der Waals surface area contributed by atoms with Gasteiger partial charge in [0.1, 0.15) is 5.52 Å². The lowest BCUT2D eigenvalue weighted by molar-refractivity contribution is -0.384. The highest BCUT2D eigenvalue weighted by atomic mass is 16.6. The zero-order valence-electron chi connectivity index (χ0n) is 12.2. The van der Waals surface area contributed by atoms with Crippen LogP contribution >= 0.6 is 0 Å². The number of non-ortho nitro benzene ring substituents is 1. The van der Waals surface area contributed by atoms with Crippen molar-refractivity contribution in [3.63, 3.8) is 0 Å². The number of aromatic nitrogens is 1. The van der Waals surface area contributed by atoms with Gasteiger partial charge < -0.3 is 9.15 Å². The molecule has 3 rings (SSSR count). The van der Waals surface area contributed by atoms with Gasteiger partial charge in [-0.1, -0.05) is 12.1 Å². The zero-order valence-corrected chi connectivity index (χ0v) is 12.2. The van der Waals surface area contributed by atoms with Crippen LogP contribution < -0.4 is 0 Å². The van der Waals surface area contributed by atoms with Crippen LogP contribution in [-0.2, 0) is 16.0 Å². The zero-order chi connectivity index (χ0) is 16.4. The van der Waals surface area contributed by atoms with Crippen LogP contribution in [0.25, 0.3) is 22.6 Å². The molecule has 0 unspecified atom stereocenters. The first-order valence-electron chi connectivity index (χ1n) is 6.78. The molecule has 0 aliphatic heterocycles. The quantitative estimate of drug-likeness (QED) is 0.417. The van der Waals surface area contributed by atoms with E-state index in [0.717, 1.165) is 5.56 Å². The van der Waals surface area contributed by atoms with E-state index in [1.165, 1.54) is 19.2 Å². The number of oxazole rings is 1. The number of carbonyl (C=O) groups is 1. The lowest BCUT2D eigenvalue weighted by atomic mass is 10.1. The molecule has 2 aromatic carbocycles. The number of benzene rings is 2. The van der Waals surface area contributed by atoms with E-state index in [1.54, 1.807) is 30.3 Å². The summed E-state index contributed by atoms with van der Waals surface area (Å²) in [7, 11) is 1.33. The predicted octanol–water partition coefficient (Wildman–Crippen LogP) is 3.12. The molecular weight excluding hydrogens is 300 g/mol. The SMILES string of the molecule is COC(=O)Cc1ccc2oc(-c3cccc([N+](=O)[O-])c3)nc2c1. The van der Waals surface area contributed by atoms with Gasteiger partial charge in [0.2, 0.25) is 5.89 Å². The smallest absolute Gasteiger partial charge is 0.309 e. The molecule has 0 fully saturated rings. The Morgan fingerprint density at radius 3 is 2.87 bits per heavy atom. The van der Waals surface area contributed by atoms with E-state index in [4.69, 9.17) is 4.42 Å². The Morgan fingerprint density at radius 2 is 2.13 bits per heavy atom. The Balaban J connectivity index is 1.98. The van der Waals surface area contributed by atoms with Crippen LogP contribution in [0.3, 0.4) is 0 Å². The van der Waals surface area contributed by atoms with Crippen molar-refractivity contribution in [3.8, 4) is 11.5 Å². The number of carbonyl (C=O) groups excluding carboxylic acids is 1. The maximum atomic E-state index is 11.3. The van der Waals surface area contributed by atoms with E-state index in [2.05, 4.69) is 9.72 Å². The molecule has 0 bridgehead atoms. The summed E-state index contributed by atoms with van der Waals surface area (Å²) in [5, 5.41) is 10.8. The van der Waals surface area contributed by atoms with Gasteiger partial charge >= 0.3 is 5.97 Å². The summed E-state index contributed by atoms with van der Waals surface area (Å²) in [5.41, 5.74) is 2.36. The number of hydrogen-bond donors (Lipinski definition) is 0. The highest BCUT2D eigenvalue weighted by molar-refractivity contribution is 5.79. The van der Waals surface area contributed by atoms with Crippen molar-refractivity contribution in [3.05, 3.63) is 58.1 Å². The highest BCUT2D eigenvalue weighted by Crippen LogP contribution is 2.27. The minimum atomic E-state index is -0.472. The molecule has 0 spiro atoms.